The van der Waals surface area contributed by atoms with E-state index in [4.69, 9.17) is 14.5 Å². The number of carbonyl (C=O) groups is 4. The fourth-order valence-corrected chi connectivity index (χ4v) is 8.87. The highest BCUT2D eigenvalue weighted by atomic mass is 19.4. The number of amides is 4. The molecule has 5 heterocycles. The van der Waals surface area contributed by atoms with E-state index >= 15 is 0 Å². The molecule has 4 amide bonds. The highest BCUT2D eigenvalue weighted by molar-refractivity contribution is 6.04. The number of nitrogens with one attached hydrogen (secondary N) is 3. The van der Waals surface area contributed by atoms with Gasteiger partial charge in [-0.3, -0.25) is 14.4 Å². The summed E-state index contributed by atoms with van der Waals surface area (Å²) in [6, 6.07) is 12.3. The maximum absolute atomic E-state index is 13.8. The molecule has 340 valence electrons. The van der Waals surface area contributed by atoms with Crippen molar-refractivity contribution in [2.24, 2.45) is 17.3 Å². The molecule has 8 rings (SSSR count). The number of ether oxygens (including phenoxy) is 3. The number of hydrogen-bond acceptors (Lipinski definition) is 10. The van der Waals surface area contributed by atoms with Crippen LogP contribution in [0.4, 0.5) is 29.5 Å². The average molecular weight is 889 g/mol. The zero-order valence-electron chi connectivity index (χ0n) is 36.1. The van der Waals surface area contributed by atoms with Crippen molar-refractivity contribution in [3.8, 4) is 28.1 Å². The van der Waals surface area contributed by atoms with Crippen molar-refractivity contribution in [2.75, 3.05) is 49.6 Å². The molecule has 0 unspecified atom stereocenters. The number of carboxylic acid groups (broad SMARTS) is 1. The van der Waals surface area contributed by atoms with Crippen LogP contribution in [0.1, 0.15) is 69.7 Å². The predicted molar refractivity (Wildman–Crippen MR) is 227 cm³/mol. The summed E-state index contributed by atoms with van der Waals surface area (Å²) in [4.78, 5) is 69.5. The van der Waals surface area contributed by atoms with Crippen LogP contribution in [0, 0.1) is 17.3 Å². The summed E-state index contributed by atoms with van der Waals surface area (Å²) < 4.78 is 57.6. The predicted octanol–water partition coefficient (Wildman–Crippen LogP) is 6.68. The van der Waals surface area contributed by atoms with Crippen molar-refractivity contribution in [1.82, 2.24) is 30.1 Å². The number of piperazine rings is 1. The van der Waals surface area contributed by atoms with Crippen molar-refractivity contribution in [3.63, 3.8) is 0 Å². The van der Waals surface area contributed by atoms with Gasteiger partial charge in [-0.2, -0.15) is 0 Å². The monoisotopic (exact) mass is 888 g/mol. The van der Waals surface area contributed by atoms with Crippen molar-refractivity contribution in [1.29, 1.82) is 0 Å². The minimum absolute atomic E-state index is 0.00392. The lowest BCUT2D eigenvalue weighted by atomic mass is 10.0. The number of imidazole rings is 1. The van der Waals surface area contributed by atoms with Crippen LogP contribution in [-0.2, 0) is 19.1 Å². The first-order valence-corrected chi connectivity index (χ1v) is 21.3. The topological polar surface area (TPSA) is 192 Å². The number of aromatic amines is 1. The van der Waals surface area contributed by atoms with E-state index in [1.807, 2.05) is 11.8 Å². The molecule has 3 aliphatic heterocycles. The minimum Gasteiger partial charge on any atom is -0.465 e. The Bertz CT molecular complexity index is 2400. The Labute approximate surface area is 367 Å². The number of nitrogens with zero attached hydrogens (tertiary/aromatic N) is 5. The zero-order valence-corrected chi connectivity index (χ0v) is 36.1. The number of carbonyl (C=O) groups excluding carboxylic acids is 3. The number of hydrogen-bond donors (Lipinski definition) is 4. The minimum atomic E-state index is -5.03. The fourth-order valence-electron chi connectivity index (χ4n) is 8.87. The summed E-state index contributed by atoms with van der Waals surface area (Å²) in [5, 5.41) is 14.4. The van der Waals surface area contributed by atoms with Gasteiger partial charge in [-0.25, -0.2) is 14.8 Å². The number of H-pyrrole nitrogens is 1. The van der Waals surface area contributed by atoms with Gasteiger partial charge in [0.15, 0.2) is 5.79 Å². The van der Waals surface area contributed by atoms with Gasteiger partial charge >= 0.3 is 12.5 Å². The van der Waals surface area contributed by atoms with E-state index < -0.39 is 47.9 Å². The quantitative estimate of drug-likeness (QED) is 0.126. The second-order valence-electron chi connectivity index (χ2n) is 17.9. The van der Waals surface area contributed by atoms with Crippen LogP contribution in [-0.4, -0.2) is 117 Å². The molecule has 64 heavy (non-hydrogen) atoms. The molecule has 1 spiro atoms. The molecule has 16 nitrogen and oxygen atoms in total. The van der Waals surface area contributed by atoms with Gasteiger partial charge in [-0.1, -0.05) is 52.0 Å². The third-order valence-corrected chi connectivity index (χ3v) is 12.5. The Morgan fingerprint density at radius 3 is 2.30 bits per heavy atom. The summed E-state index contributed by atoms with van der Waals surface area (Å²) in [6.45, 7) is 12.2. The van der Waals surface area contributed by atoms with Crippen LogP contribution in [0.15, 0.2) is 67.0 Å². The van der Waals surface area contributed by atoms with Crippen LogP contribution in [0.3, 0.4) is 0 Å². The van der Waals surface area contributed by atoms with E-state index in [0.717, 1.165) is 12.5 Å². The summed E-state index contributed by atoms with van der Waals surface area (Å²) in [5.74, 6) is -1.65. The van der Waals surface area contributed by atoms with Crippen molar-refractivity contribution >= 4 is 35.3 Å². The van der Waals surface area contributed by atoms with Crippen molar-refractivity contribution in [2.45, 2.75) is 77.7 Å². The summed E-state index contributed by atoms with van der Waals surface area (Å²) in [7, 11) is 0. The molecular weight excluding hydrogens is 838 g/mol. The van der Waals surface area contributed by atoms with Crippen molar-refractivity contribution < 1.29 is 51.7 Å². The summed E-state index contributed by atoms with van der Waals surface area (Å²) in [5.41, 5.74) is 1.92. The fraction of sp³-hybridized carbons (Fsp3) is 0.467. The molecule has 1 aliphatic carbocycles. The second kappa shape index (κ2) is 17.1. The summed E-state index contributed by atoms with van der Waals surface area (Å²) in [6.07, 6.45) is -2.15. The number of pyridine rings is 1. The molecule has 4 N–H and O–H groups in total. The normalized spacial score (nSPS) is 21.8. The molecule has 4 aliphatic rings. The molecule has 4 atom stereocenters. The average Bonchev–Trinajstić information content (AvgIpc) is 3.70. The van der Waals surface area contributed by atoms with Gasteiger partial charge in [-0.05, 0) is 54.5 Å². The van der Waals surface area contributed by atoms with Crippen LogP contribution >= 0.6 is 0 Å². The van der Waals surface area contributed by atoms with Gasteiger partial charge < -0.3 is 49.6 Å². The summed E-state index contributed by atoms with van der Waals surface area (Å²) >= 11 is 0. The number of alkyl halides is 3. The van der Waals surface area contributed by atoms with Crippen molar-refractivity contribution in [3.05, 3.63) is 78.4 Å². The third-order valence-electron chi connectivity index (χ3n) is 12.5. The van der Waals surface area contributed by atoms with Crippen LogP contribution in [0.5, 0.6) is 5.75 Å². The number of likely N-dealkylation sites (tertiary alicyclic amines) is 1. The number of aromatic nitrogens is 3. The number of anilines is 2. The van der Waals surface area contributed by atoms with Gasteiger partial charge in [0, 0.05) is 73.3 Å². The van der Waals surface area contributed by atoms with E-state index in [-0.39, 0.29) is 59.0 Å². The van der Waals surface area contributed by atoms with E-state index in [9.17, 15) is 37.5 Å². The maximum atomic E-state index is 13.8. The zero-order chi connectivity index (χ0) is 45.7. The Morgan fingerprint density at radius 2 is 1.69 bits per heavy atom. The van der Waals surface area contributed by atoms with Crippen LogP contribution in [0.2, 0.25) is 0 Å². The SMILES string of the molecule is CC(C)[C@H](NC(=O)O)C(=O)N1CC2(C[C@H]1c1nc(-c3ccc(-c4ccc(NC(=O)c5ccc(N6CCN(C(=O)[C@H]7CC7(C)C)C[C@H]6C)nc5)cc4OC(F)(F)F)cc3)c[nH]1)OCCO2. The highest BCUT2D eigenvalue weighted by Gasteiger charge is 2.54. The largest absolute Gasteiger partial charge is 0.573 e. The van der Waals surface area contributed by atoms with E-state index in [1.54, 1.807) is 56.4 Å². The van der Waals surface area contributed by atoms with E-state index in [1.165, 1.54) is 23.2 Å². The van der Waals surface area contributed by atoms with E-state index in [2.05, 4.69) is 44.1 Å². The van der Waals surface area contributed by atoms with Gasteiger partial charge in [0.2, 0.25) is 11.8 Å². The smallest absolute Gasteiger partial charge is 0.465 e. The second-order valence-corrected chi connectivity index (χ2v) is 17.9. The Balaban J connectivity index is 0.949. The van der Waals surface area contributed by atoms with Crippen LogP contribution in [0.25, 0.3) is 22.4 Å². The van der Waals surface area contributed by atoms with Crippen LogP contribution < -0.4 is 20.3 Å². The standard InChI is InChI=1S/C45H51F3N8O8/c1-25(2)37(53-42(60)61)41(59)56-24-44(62-16-17-63-44)20-34(56)38-50-22-33(52-38)28-8-6-27(7-9-28)31-12-11-30(18-35(31)64-45(46,47)48)51-39(57)29-10-13-36(49-21-29)55-15-14-54(23-26(55)3)40(58)32-19-43(32,4)5/h6-13,18,21-22,25-26,32,34,37,53H,14-17,19-20,23-24H2,1-5H3,(H,50,52)(H,51,57)(H,60,61)/t26-,32-,34+,37+/m1/s1. The number of rotatable bonds is 11. The first-order valence-electron chi connectivity index (χ1n) is 21.3. The Morgan fingerprint density at radius 1 is 0.984 bits per heavy atom. The lowest BCUT2D eigenvalue weighted by Crippen LogP contribution is -2.54. The third kappa shape index (κ3) is 9.36. The highest BCUT2D eigenvalue weighted by Crippen LogP contribution is 2.52. The van der Waals surface area contributed by atoms with E-state index in [0.29, 0.717) is 61.3 Å². The Hall–Kier alpha value is -6.21. The molecule has 3 saturated heterocycles. The molecule has 2 aromatic heterocycles. The maximum Gasteiger partial charge on any atom is 0.573 e. The van der Waals surface area contributed by atoms with Gasteiger partial charge in [-0.15, -0.1) is 13.2 Å². The molecule has 0 radical (unpaired) electrons. The molecule has 4 aromatic rings. The number of halogens is 3. The lowest BCUT2D eigenvalue weighted by Gasteiger charge is -2.40. The molecule has 19 heteroatoms. The van der Waals surface area contributed by atoms with Gasteiger partial charge in [0.1, 0.15) is 23.4 Å². The van der Waals surface area contributed by atoms with Gasteiger partial charge in [0.05, 0.1) is 37.1 Å². The molecule has 2 aromatic carbocycles. The molecule has 1 saturated carbocycles. The lowest BCUT2D eigenvalue weighted by molar-refractivity contribution is -0.274. The van der Waals surface area contributed by atoms with Gasteiger partial charge in [0.25, 0.3) is 5.91 Å². The first kappa shape index (κ1) is 44.4. The number of benzene rings is 2. The Kier molecular flexibility index (Phi) is 11.8. The molecular formula is C45H51F3N8O8. The molecule has 4 fully saturated rings. The first-order chi connectivity index (χ1) is 30.3. The molecule has 0 bridgehead atoms.